The summed E-state index contributed by atoms with van der Waals surface area (Å²) in [6, 6.07) is 8.63. The maximum Gasteiger partial charge on any atom is 0.254 e. The van der Waals surface area contributed by atoms with E-state index >= 15 is 0 Å². The van der Waals surface area contributed by atoms with Crippen LogP contribution in [-0.4, -0.2) is 46.3 Å². The average Bonchev–Trinajstić information content (AvgIpc) is 2.30. The average molecular weight is 221 g/mol. The number of hydrogen-bond donors (Lipinski definition) is 2. The van der Waals surface area contributed by atoms with Crippen molar-refractivity contribution in [3.63, 3.8) is 0 Å². The zero-order valence-corrected chi connectivity index (χ0v) is 8.91. The standard InChI is InChI=1S/C12H15NO3/c14-7-10-6-11(8-15)13(10)12(16)9-4-2-1-3-5-9/h1-5,10-11,14-15H,6-8H2/t10-,11-/m1/s1. The van der Waals surface area contributed by atoms with Gasteiger partial charge in [-0.3, -0.25) is 4.79 Å². The van der Waals surface area contributed by atoms with Gasteiger partial charge in [0.05, 0.1) is 25.3 Å². The minimum Gasteiger partial charge on any atom is -0.394 e. The Kier molecular flexibility index (Phi) is 3.22. The fourth-order valence-electron chi connectivity index (χ4n) is 2.09. The molecule has 1 aromatic carbocycles. The Balaban J connectivity index is 2.14. The summed E-state index contributed by atoms with van der Waals surface area (Å²) in [5, 5.41) is 18.2. The van der Waals surface area contributed by atoms with Crippen LogP contribution in [0.3, 0.4) is 0 Å². The second-order valence-electron chi connectivity index (χ2n) is 3.99. The molecule has 0 aliphatic carbocycles. The number of amides is 1. The Bertz CT molecular complexity index is 356. The van der Waals surface area contributed by atoms with Gasteiger partial charge in [-0.2, -0.15) is 0 Å². The van der Waals surface area contributed by atoms with E-state index in [0.717, 1.165) is 0 Å². The van der Waals surface area contributed by atoms with E-state index in [4.69, 9.17) is 10.2 Å². The molecule has 1 aromatic rings. The van der Waals surface area contributed by atoms with Crippen LogP contribution in [0.2, 0.25) is 0 Å². The Labute approximate surface area is 94.1 Å². The predicted molar refractivity (Wildman–Crippen MR) is 59.0 cm³/mol. The monoisotopic (exact) mass is 221 g/mol. The van der Waals surface area contributed by atoms with Crippen molar-refractivity contribution in [1.29, 1.82) is 0 Å². The van der Waals surface area contributed by atoms with Gasteiger partial charge in [0.25, 0.3) is 5.91 Å². The molecule has 1 heterocycles. The maximum atomic E-state index is 12.1. The van der Waals surface area contributed by atoms with Gasteiger partial charge >= 0.3 is 0 Å². The molecule has 2 rings (SSSR count). The highest BCUT2D eigenvalue weighted by atomic mass is 16.3. The van der Waals surface area contributed by atoms with Gasteiger partial charge in [0.15, 0.2) is 0 Å². The molecule has 0 bridgehead atoms. The van der Waals surface area contributed by atoms with Crippen molar-refractivity contribution in [3.8, 4) is 0 Å². The molecule has 0 unspecified atom stereocenters. The minimum absolute atomic E-state index is 0.0466. The lowest BCUT2D eigenvalue weighted by Crippen LogP contribution is -2.61. The molecule has 0 aromatic heterocycles. The van der Waals surface area contributed by atoms with Gasteiger partial charge in [-0.05, 0) is 18.6 Å². The summed E-state index contributed by atoms with van der Waals surface area (Å²) in [6.07, 6.45) is 0.672. The van der Waals surface area contributed by atoms with Gasteiger partial charge in [0.1, 0.15) is 0 Å². The molecule has 0 spiro atoms. The second-order valence-corrected chi connectivity index (χ2v) is 3.99. The molecule has 4 nitrogen and oxygen atoms in total. The van der Waals surface area contributed by atoms with Crippen LogP contribution < -0.4 is 0 Å². The lowest BCUT2D eigenvalue weighted by molar-refractivity contribution is -0.0244. The molecule has 2 N–H and O–H groups in total. The largest absolute Gasteiger partial charge is 0.394 e. The van der Waals surface area contributed by atoms with E-state index in [9.17, 15) is 4.79 Å². The van der Waals surface area contributed by atoms with E-state index < -0.39 is 0 Å². The molecule has 1 amide bonds. The summed E-state index contributed by atoms with van der Waals surface area (Å²) in [4.78, 5) is 13.6. The molecule has 1 fully saturated rings. The van der Waals surface area contributed by atoms with Crippen LogP contribution in [0, 0.1) is 0 Å². The molecular formula is C12H15NO3. The first-order valence-corrected chi connectivity index (χ1v) is 5.37. The topological polar surface area (TPSA) is 60.8 Å². The normalized spacial score (nSPS) is 24.0. The van der Waals surface area contributed by atoms with Crippen molar-refractivity contribution in [1.82, 2.24) is 4.90 Å². The van der Waals surface area contributed by atoms with Gasteiger partial charge in [-0.25, -0.2) is 0 Å². The first kappa shape index (κ1) is 11.1. The van der Waals surface area contributed by atoms with Crippen molar-refractivity contribution in [2.45, 2.75) is 18.5 Å². The first-order valence-electron chi connectivity index (χ1n) is 5.37. The molecule has 1 aliphatic heterocycles. The van der Waals surface area contributed by atoms with Crippen LogP contribution in [0.1, 0.15) is 16.8 Å². The number of aliphatic hydroxyl groups excluding tert-OH is 2. The van der Waals surface area contributed by atoms with Crippen LogP contribution in [0.4, 0.5) is 0 Å². The summed E-state index contributed by atoms with van der Waals surface area (Å²) in [6.45, 7) is -0.0931. The SMILES string of the molecule is O=C(c1ccccc1)N1[C@@H](CO)C[C@@H]1CO. The van der Waals surface area contributed by atoms with E-state index in [-0.39, 0.29) is 31.2 Å². The van der Waals surface area contributed by atoms with Gasteiger partial charge in [0, 0.05) is 5.56 Å². The van der Waals surface area contributed by atoms with E-state index in [1.165, 1.54) is 0 Å². The fourth-order valence-corrected chi connectivity index (χ4v) is 2.09. The zero-order chi connectivity index (χ0) is 11.5. The Morgan fingerprint density at radius 1 is 1.19 bits per heavy atom. The van der Waals surface area contributed by atoms with Crippen molar-refractivity contribution >= 4 is 5.91 Å². The molecule has 16 heavy (non-hydrogen) atoms. The van der Waals surface area contributed by atoms with Gasteiger partial charge in [-0.15, -0.1) is 0 Å². The molecule has 86 valence electrons. The van der Waals surface area contributed by atoms with Crippen LogP contribution in [0.5, 0.6) is 0 Å². The van der Waals surface area contributed by atoms with Crippen molar-refractivity contribution in [2.75, 3.05) is 13.2 Å². The number of carbonyl (C=O) groups excluding carboxylic acids is 1. The number of likely N-dealkylation sites (tertiary alicyclic amines) is 1. The maximum absolute atomic E-state index is 12.1. The van der Waals surface area contributed by atoms with E-state index in [1.54, 1.807) is 29.2 Å². The van der Waals surface area contributed by atoms with Gasteiger partial charge in [0.2, 0.25) is 0 Å². The third-order valence-corrected chi connectivity index (χ3v) is 3.01. The molecule has 0 radical (unpaired) electrons. The van der Waals surface area contributed by atoms with Gasteiger partial charge in [-0.1, -0.05) is 18.2 Å². The number of hydrogen-bond acceptors (Lipinski definition) is 3. The number of carbonyl (C=O) groups is 1. The number of nitrogens with zero attached hydrogens (tertiary/aromatic N) is 1. The molecule has 4 heteroatoms. The summed E-state index contributed by atoms with van der Waals surface area (Å²) < 4.78 is 0. The summed E-state index contributed by atoms with van der Waals surface area (Å²) in [5.41, 5.74) is 0.596. The van der Waals surface area contributed by atoms with E-state index in [1.807, 2.05) is 6.07 Å². The fraction of sp³-hybridized carbons (Fsp3) is 0.417. The third kappa shape index (κ3) is 1.81. The Morgan fingerprint density at radius 2 is 1.75 bits per heavy atom. The highest BCUT2D eigenvalue weighted by Crippen LogP contribution is 2.27. The summed E-state index contributed by atoms with van der Waals surface area (Å²) in [7, 11) is 0. The van der Waals surface area contributed by atoms with Crippen LogP contribution in [-0.2, 0) is 0 Å². The first-order chi connectivity index (χ1) is 7.77. The lowest BCUT2D eigenvalue weighted by atomic mass is 9.92. The van der Waals surface area contributed by atoms with Crippen molar-refractivity contribution in [3.05, 3.63) is 35.9 Å². The lowest BCUT2D eigenvalue weighted by Gasteiger charge is -2.47. The highest BCUT2D eigenvalue weighted by molar-refractivity contribution is 5.95. The molecule has 2 atom stereocenters. The molecular weight excluding hydrogens is 206 g/mol. The van der Waals surface area contributed by atoms with E-state index in [2.05, 4.69) is 0 Å². The molecule has 1 saturated heterocycles. The van der Waals surface area contributed by atoms with Crippen LogP contribution in [0.25, 0.3) is 0 Å². The summed E-state index contributed by atoms with van der Waals surface area (Å²) in [5.74, 6) is -0.120. The van der Waals surface area contributed by atoms with Gasteiger partial charge < -0.3 is 15.1 Å². The van der Waals surface area contributed by atoms with E-state index in [0.29, 0.717) is 12.0 Å². The Morgan fingerprint density at radius 3 is 2.25 bits per heavy atom. The van der Waals surface area contributed by atoms with Crippen LogP contribution >= 0.6 is 0 Å². The number of rotatable bonds is 3. The summed E-state index contributed by atoms with van der Waals surface area (Å²) >= 11 is 0. The number of aliphatic hydroxyl groups is 2. The minimum atomic E-state index is -0.148. The third-order valence-electron chi connectivity index (χ3n) is 3.01. The zero-order valence-electron chi connectivity index (χ0n) is 8.91. The molecule has 0 saturated carbocycles. The van der Waals surface area contributed by atoms with Crippen molar-refractivity contribution in [2.24, 2.45) is 0 Å². The van der Waals surface area contributed by atoms with Crippen molar-refractivity contribution < 1.29 is 15.0 Å². The highest BCUT2D eigenvalue weighted by Gasteiger charge is 2.40. The Hall–Kier alpha value is -1.39. The van der Waals surface area contributed by atoms with Crippen LogP contribution in [0.15, 0.2) is 30.3 Å². The smallest absolute Gasteiger partial charge is 0.254 e. The molecule has 1 aliphatic rings. The second kappa shape index (κ2) is 4.63. The predicted octanol–water partition coefficient (Wildman–Crippen LogP) is 0.254. The number of benzene rings is 1. The quantitative estimate of drug-likeness (QED) is 0.769.